The zero-order valence-electron chi connectivity index (χ0n) is 14.8. The van der Waals surface area contributed by atoms with Crippen LogP contribution in [0.1, 0.15) is 103 Å². The van der Waals surface area contributed by atoms with E-state index in [0.29, 0.717) is 6.42 Å². The fourth-order valence-electron chi connectivity index (χ4n) is 2.68. The lowest BCUT2D eigenvalue weighted by atomic mass is 10.1. The minimum Gasteiger partial charge on any atom is -0.481 e. The molecule has 134 valence electrons. The third kappa shape index (κ3) is 20.9. The highest BCUT2D eigenvalue weighted by Gasteiger charge is 1.95. The molecule has 0 unspecified atom stereocenters. The minimum atomic E-state index is -0.688. The van der Waals surface area contributed by atoms with Gasteiger partial charge >= 0.3 is 5.97 Å². The number of carbonyl (C=O) groups excluding carboxylic acids is 1. The van der Waals surface area contributed by atoms with Crippen molar-refractivity contribution in [2.45, 2.75) is 103 Å². The van der Waals surface area contributed by atoms with Crippen molar-refractivity contribution in [3.05, 3.63) is 12.2 Å². The first-order valence-corrected chi connectivity index (χ1v) is 9.58. The van der Waals surface area contributed by atoms with Gasteiger partial charge in [0.1, 0.15) is 6.29 Å². The third-order valence-electron chi connectivity index (χ3n) is 4.12. The van der Waals surface area contributed by atoms with Gasteiger partial charge < -0.3 is 9.90 Å². The summed E-state index contributed by atoms with van der Waals surface area (Å²) in [4.78, 5) is 20.5. The molecule has 0 radical (unpaired) electrons. The van der Waals surface area contributed by atoms with Crippen LogP contribution < -0.4 is 0 Å². The van der Waals surface area contributed by atoms with Gasteiger partial charge in [0, 0.05) is 12.8 Å². The fourth-order valence-corrected chi connectivity index (χ4v) is 2.68. The first kappa shape index (κ1) is 21.9. The van der Waals surface area contributed by atoms with Gasteiger partial charge in [0.05, 0.1) is 0 Å². The Morgan fingerprint density at radius 2 is 1.00 bits per heavy atom. The highest BCUT2D eigenvalue weighted by Crippen LogP contribution is 2.12. The number of rotatable bonds is 18. The molecule has 0 saturated heterocycles. The van der Waals surface area contributed by atoms with Crippen molar-refractivity contribution in [1.29, 1.82) is 0 Å². The van der Waals surface area contributed by atoms with Gasteiger partial charge in [-0.25, -0.2) is 0 Å². The van der Waals surface area contributed by atoms with Crippen molar-refractivity contribution >= 4 is 12.3 Å². The van der Waals surface area contributed by atoms with Crippen molar-refractivity contribution < 1.29 is 14.7 Å². The predicted octanol–water partition coefficient (Wildman–Crippen LogP) is 6.07. The Morgan fingerprint density at radius 1 is 0.609 bits per heavy atom. The van der Waals surface area contributed by atoms with E-state index in [9.17, 15) is 9.59 Å². The molecule has 0 aromatic rings. The summed E-state index contributed by atoms with van der Waals surface area (Å²) in [5, 5.41) is 8.52. The molecule has 0 aliphatic carbocycles. The summed E-state index contributed by atoms with van der Waals surface area (Å²) in [7, 11) is 0. The number of carboxylic acid groups (broad SMARTS) is 1. The monoisotopic (exact) mass is 324 g/mol. The van der Waals surface area contributed by atoms with Gasteiger partial charge in [-0.15, -0.1) is 0 Å². The molecule has 0 rings (SSSR count). The maximum atomic E-state index is 10.3. The van der Waals surface area contributed by atoms with Gasteiger partial charge in [-0.3, -0.25) is 4.79 Å². The molecule has 0 amide bonds. The highest BCUT2D eigenvalue weighted by atomic mass is 16.4. The van der Waals surface area contributed by atoms with Crippen LogP contribution in [0.5, 0.6) is 0 Å². The van der Waals surface area contributed by atoms with Gasteiger partial charge in [0.15, 0.2) is 0 Å². The van der Waals surface area contributed by atoms with E-state index in [-0.39, 0.29) is 0 Å². The lowest BCUT2D eigenvalue weighted by Crippen LogP contribution is -1.92. The molecule has 0 aliphatic heterocycles. The lowest BCUT2D eigenvalue weighted by molar-refractivity contribution is -0.137. The van der Waals surface area contributed by atoms with E-state index >= 15 is 0 Å². The number of hydrogen-bond donors (Lipinski definition) is 1. The molecule has 0 fully saturated rings. The van der Waals surface area contributed by atoms with E-state index in [1.165, 1.54) is 57.8 Å². The SMILES string of the molecule is O=CCCCCCCCCCCCCC=CCCCCC(=O)O. The summed E-state index contributed by atoms with van der Waals surface area (Å²) in [6.07, 6.45) is 23.3. The van der Waals surface area contributed by atoms with Crippen molar-refractivity contribution in [3.8, 4) is 0 Å². The Hall–Kier alpha value is -1.12. The zero-order chi connectivity index (χ0) is 17.0. The van der Waals surface area contributed by atoms with Crippen LogP contribution in [0.15, 0.2) is 12.2 Å². The molecular weight excluding hydrogens is 288 g/mol. The Bertz CT molecular complexity index is 297. The largest absolute Gasteiger partial charge is 0.481 e. The lowest BCUT2D eigenvalue weighted by Gasteiger charge is -2.01. The van der Waals surface area contributed by atoms with Crippen LogP contribution in [0.2, 0.25) is 0 Å². The normalized spacial score (nSPS) is 11.1. The molecular formula is C20H36O3. The molecule has 0 aromatic heterocycles. The average molecular weight is 325 g/mol. The Morgan fingerprint density at radius 3 is 1.43 bits per heavy atom. The van der Waals surface area contributed by atoms with Crippen LogP contribution in [0.4, 0.5) is 0 Å². The van der Waals surface area contributed by atoms with E-state index in [1.807, 2.05) is 0 Å². The fraction of sp³-hybridized carbons (Fsp3) is 0.800. The molecule has 0 spiro atoms. The number of carbonyl (C=O) groups is 2. The van der Waals surface area contributed by atoms with E-state index < -0.39 is 5.97 Å². The van der Waals surface area contributed by atoms with Crippen LogP contribution in [-0.4, -0.2) is 17.4 Å². The number of unbranched alkanes of at least 4 members (excludes halogenated alkanes) is 13. The summed E-state index contributed by atoms with van der Waals surface area (Å²) >= 11 is 0. The van der Waals surface area contributed by atoms with Crippen LogP contribution in [0, 0.1) is 0 Å². The van der Waals surface area contributed by atoms with Crippen molar-refractivity contribution in [3.63, 3.8) is 0 Å². The van der Waals surface area contributed by atoms with Gasteiger partial charge in [-0.05, 0) is 38.5 Å². The number of carboxylic acids is 1. The van der Waals surface area contributed by atoms with E-state index in [2.05, 4.69) is 12.2 Å². The molecule has 0 aliphatic rings. The van der Waals surface area contributed by atoms with Crippen molar-refractivity contribution in [2.24, 2.45) is 0 Å². The summed E-state index contributed by atoms with van der Waals surface area (Å²) in [5.41, 5.74) is 0. The summed E-state index contributed by atoms with van der Waals surface area (Å²) in [5.74, 6) is -0.688. The van der Waals surface area contributed by atoms with Gasteiger partial charge in [0.2, 0.25) is 0 Å². The van der Waals surface area contributed by atoms with E-state index in [1.54, 1.807) is 0 Å². The highest BCUT2D eigenvalue weighted by molar-refractivity contribution is 5.66. The molecule has 0 atom stereocenters. The van der Waals surface area contributed by atoms with Gasteiger partial charge in [0.25, 0.3) is 0 Å². The number of hydrogen-bond acceptors (Lipinski definition) is 2. The maximum Gasteiger partial charge on any atom is 0.303 e. The molecule has 0 bridgehead atoms. The van der Waals surface area contributed by atoms with Crippen molar-refractivity contribution in [1.82, 2.24) is 0 Å². The molecule has 0 heterocycles. The number of allylic oxidation sites excluding steroid dienone is 2. The first-order chi connectivity index (χ1) is 11.3. The average Bonchev–Trinajstić information content (AvgIpc) is 2.53. The summed E-state index contributed by atoms with van der Waals surface area (Å²) < 4.78 is 0. The van der Waals surface area contributed by atoms with E-state index in [0.717, 1.165) is 44.8 Å². The Balaban J connectivity index is 3.07. The second-order valence-corrected chi connectivity index (χ2v) is 6.39. The van der Waals surface area contributed by atoms with Gasteiger partial charge in [-0.2, -0.15) is 0 Å². The van der Waals surface area contributed by atoms with Gasteiger partial charge in [-0.1, -0.05) is 63.5 Å². The summed E-state index contributed by atoms with van der Waals surface area (Å²) in [6.45, 7) is 0. The zero-order valence-corrected chi connectivity index (χ0v) is 14.8. The standard InChI is InChI=1S/C20H36O3/c21-19-17-15-13-11-9-7-5-3-1-2-4-6-8-10-12-14-16-18-20(22)23/h8,10,19H,1-7,9,11-18H2,(H,22,23). The molecule has 1 N–H and O–H groups in total. The predicted molar refractivity (Wildman–Crippen MR) is 96.7 cm³/mol. The smallest absolute Gasteiger partial charge is 0.303 e. The van der Waals surface area contributed by atoms with Crippen LogP contribution in [0.3, 0.4) is 0 Å². The number of aliphatic carboxylic acids is 1. The topological polar surface area (TPSA) is 54.4 Å². The molecule has 3 heteroatoms. The van der Waals surface area contributed by atoms with Crippen LogP contribution in [0.25, 0.3) is 0 Å². The minimum absolute atomic E-state index is 0.298. The molecule has 0 saturated carbocycles. The van der Waals surface area contributed by atoms with Crippen LogP contribution >= 0.6 is 0 Å². The Labute approximate surface area is 142 Å². The molecule has 23 heavy (non-hydrogen) atoms. The molecule has 3 nitrogen and oxygen atoms in total. The third-order valence-corrected chi connectivity index (χ3v) is 4.12. The number of aldehydes is 1. The quantitative estimate of drug-likeness (QED) is 0.189. The molecule has 0 aromatic carbocycles. The first-order valence-electron chi connectivity index (χ1n) is 9.58. The van der Waals surface area contributed by atoms with Crippen LogP contribution in [-0.2, 0) is 9.59 Å². The summed E-state index contributed by atoms with van der Waals surface area (Å²) in [6, 6.07) is 0. The van der Waals surface area contributed by atoms with E-state index in [4.69, 9.17) is 5.11 Å². The Kier molecular flexibility index (Phi) is 18.0. The van der Waals surface area contributed by atoms with Crippen molar-refractivity contribution in [2.75, 3.05) is 0 Å². The second kappa shape index (κ2) is 18.9. The second-order valence-electron chi connectivity index (χ2n) is 6.39. The maximum absolute atomic E-state index is 10.3.